The van der Waals surface area contributed by atoms with E-state index in [-0.39, 0.29) is 0 Å². The summed E-state index contributed by atoms with van der Waals surface area (Å²) in [6.45, 7) is 4.15. The zero-order valence-electron chi connectivity index (χ0n) is 10.5. The van der Waals surface area contributed by atoms with Crippen molar-refractivity contribution in [2.45, 2.75) is 33.1 Å². The molecule has 1 rings (SSSR count). The predicted octanol–water partition coefficient (Wildman–Crippen LogP) is 3.85. The maximum absolute atomic E-state index is 5.13. The van der Waals surface area contributed by atoms with E-state index >= 15 is 0 Å². The summed E-state index contributed by atoms with van der Waals surface area (Å²) in [7, 11) is 0. The smallest absolute Gasteiger partial charge is 0.174 e. The third-order valence-electron chi connectivity index (χ3n) is 2.41. The Morgan fingerprint density at radius 3 is 2.59 bits per heavy atom. The van der Waals surface area contributed by atoms with Gasteiger partial charge in [0.1, 0.15) is 0 Å². The topological polar surface area (TPSA) is 24.1 Å². The Bertz CT molecular complexity index is 368. The van der Waals surface area contributed by atoms with E-state index in [1.807, 2.05) is 19.2 Å². The standard InChI is InChI=1S/C14H20N2S/c1-3-5-6-12-7-9-13(10-8-12)16-14(17)15-11-4-2/h4,7-11H,3,5-6H2,1-2H3,(H2,15,16,17). The van der Waals surface area contributed by atoms with Crippen LogP contribution in [0.4, 0.5) is 5.69 Å². The van der Waals surface area contributed by atoms with Gasteiger partial charge in [0.15, 0.2) is 5.11 Å². The Kier molecular flexibility index (Phi) is 6.33. The van der Waals surface area contributed by atoms with Gasteiger partial charge in [-0.3, -0.25) is 0 Å². The van der Waals surface area contributed by atoms with Crippen molar-refractivity contribution in [3.63, 3.8) is 0 Å². The van der Waals surface area contributed by atoms with Gasteiger partial charge in [-0.05, 0) is 55.9 Å². The maximum atomic E-state index is 5.13. The fourth-order valence-corrected chi connectivity index (χ4v) is 1.65. The molecule has 0 unspecified atom stereocenters. The van der Waals surface area contributed by atoms with Gasteiger partial charge in [0, 0.05) is 5.69 Å². The molecule has 0 atom stereocenters. The lowest BCUT2D eigenvalue weighted by Crippen LogP contribution is -2.23. The van der Waals surface area contributed by atoms with Crippen molar-refractivity contribution in [2.75, 3.05) is 5.32 Å². The molecular weight excluding hydrogens is 228 g/mol. The zero-order valence-corrected chi connectivity index (χ0v) is 11.3. The van der Waals surface area contributed by atoms with Gasteiger partial charge >= 0.3 is 0 Å². The van der Waals surface area contributed by atoms with Gasteiger partial charge in [-0.25, -0.2) is 0 Å². The number of aryl methyl sites for hydroxylation is 1. The Morgan fingerprint density at radius 1 is 1.29 bits per heavy atom. The van der Waals surface area contributed by atoms with Crippen LogP contribution in [0.5, 0.6) is 0 Å². The van der Waals surface area contributed by atoms with Gasteiger partial charge in [0.25, 0.3) is 0 Å². The van der Waals surface area contributed by atoms with Crippen LogP contribution in [0.3, 0.4) is 0 Å². The fourth-order valence-electron chi connectivity index (χ4n) is 1.46. The lowest BCUT2D eigenvalue weighted by molar-refractivity contribution is 0.795. The molecule has 0 radical (unpaired) electrons. The molecule has 2 nitrogen and oxygen atoms in total. The molecule has 0 amide bonds. The Balaban J connectivity index is 2.47. The van der Waals surface area contributed by atoms with Crippen LogP contribution in [0.2, 0.25) is 0 Å². The Hall–Kier alpha value is -1.35. The van der Waals surface area contributed by atoms with Crippen LogP contribution in [-0.4, -0.2) is 5.11 Å². The summed E-state index contributed by atoms with van der Waals surface area (Å²) in [5.74, 6) is 0. The first-order valence-corrected chi connectivity index (χ1v) is 6.44. The summed E-state index contributed by atoms with van der Waals surface area (Å²) in [4.78, 5) is 0. The molecule has 0 aliphatic rings. The van der Waals surface area contributed by atoms with Gasteiger partial charge in [-0.1, -0.05) is 31.6 Å². The van der Waals surface area contributed by atoms with E-state index < -0.39 is 0 Å². The molecule has 17 heavy (non-hydrogen) atoms. The number of rotatable bonds is 5. The molecule has 0 aromatic heterocycles. The molecule has 0 saturated carbocycles. The monoisotopic (exact) mass is 248 g/mol. The summed E-state index contributed by atoms with van der Waals surface area (Å²) in [6.07, 6.45) is 7.34. The highest BCUT2D eigenvalue weighted by molar-refractivity contribution is 7.80. The average molecular weight is 248 g/mol. The molecule has 3 heteroatoms. The van der Waals surface area contributed by atoms with Crippen molar-refractivity contribution in [1.82, 2.24) is 5.32 Å². The molecule has 0 spiro atoms. The van der Waals surface area contributed by atoms with Crippen molar-refractivity contribution in [2.24, 2.45) is 0 Å². The second-order valence-corrected chi connectivity index (χ2v) is 4.31. The molecular formula is C14H20N2S. The van der Waals surface area contributed by atoms with Crippen molar-refractivity contribution in [3.05, 3.63) is 42.1 Å². The lowest BCUT2D eigenvalue weighted by Gasteiger charge is -2.08. The quantitative estimate of drug-likeness (QED) is 0.774. The molecule has 0 aliphatic heterocycles. The molecule has 0 bridgehead atoms. The molecule has 0 fully saturated rings. The van der Waals surface area contributed by atoms with E-state index in [1.54, 1.807) is 0 Å². The molecule has 92 valence electrons. The van der Waals surface area contributed by atoms with Crippen molar-refractivity contribution < 1.29 is 0 Å². The van der Waals surface area contributed by atoms with Gasteiger partial charge < -0.3 is 10.6 Å². The first-order valence-electron chi connectivity index (χ1n) is 6.04. The highest BCUT2D eigenvalue weighted by Gasteiger charge is 1.96. The summed E-state index contributed by atoms with van der Waals surface area (Å²) < 4.78 is 0. The van der Waals surface area contributed by atoms with Crippen molar-refractivity contribution in [1.29, 1.82) is 0 Å². The van der Waals surface area contributed by atoms with Crippen LogP contribution in [0, 0.1) is 0 Å². The van der Waals surface area contributed by atoms with Crippen molar-refractivity contribution >= 4 is 23.0 Å². The van der Waals surface area contributed by atoms with Gasteiger partial charge in [-0.15, -0.1) is 0 Å². The maximum Gasteiger partial charge on any atom is 0.174 e. The van der Waals surface area contributed by atoms with E-state index in [9.17, 15) is 0 Å². The van der Waals surface area contributed by atoms with Crippen LogP contribution in [-0.2, 0) is 6.42 Å². The second-order valence-electron chi connectivity index (χ2n) is 3.90. The van der Waals surface area contributed by atoms with Gasteiger partial charge in [0.05, 0.1) is 0 Å². The minimum absolute atomic E-state index is 0.615. The van der Waals surface area contributed by atoms with E-state index in [4.69, 9.17) is 12.2 Å². The highest BCUT2D eigenvalue weighted by Crippen LogP contribution is 2.11. The highest BCUT2D eigenvalue weighted by atomic mass is 32.1. The number of benzene rings is 1. The third kappa shape index (κ3) is 5.50. The number of nitrogens with one attached hydrogen (secondary N) is 2. The van der Waals surface area contributed by atoms with E-state index in [0.717, 1.165) is 12.1 Å². The lowest BCUT2D eigenvalue weighted by atomic mass is 10.1. The number of allylic oxidation sites excluding steroid dienone is 1. The number of thiocarbonyl (C=S) groups is 1. The van der Waals surface area contributed by atoms with E-state index in [0.29, 0.717) is 5.11 Å². The zero-order chi connectivity index (χ0) is 12.5. The summed E-state index contributed by atoms with van der Waals surface area (Å²) in [5.41, 5.74) is 2.40. The number of hydrogen-bond donors (Lipinski definition) is 2. The Labute approximate surface area is 109 Å². The third-order valence-corrected chi connectivity index (χ3v) is 2.63. The molecule has 0 saturated heterocycles. The number of hydrogen-bond acceptors (Lipinski definition) is 1. The van der Waals surface area contributed by atoms with Crippen LogP contribution in [0.15, 0.2) is 36.5 Å². The summed E-state index contributed by atoms with van der Waals surface area (Å²) >= 11 is 5.13. The van der Waals surface area contributed by atoms with E-state index in [1.165, 1.54) is 18.4 Å². The van der Waals surface area contributed by atoms with Gasteiger partial charge in [0.2, 0.25) is 0 Å². The van der Waals surface area contributed by atoms with Gasteiger partial charge in [-0.2, -0.15) is 0 Å². The minimum atomic E-state index is 0.615. The predicted molar refractivity (Wildman–Crippen MR) is 79.2 cm³/mol. The largest absolute Gasteiger partial charge is 0.339 e. The number of anilines is 1. The SMILES string of the molecule is CC=CNC(=S)Nc1ccc(CCCC)cc1. The average Bonchev–Trinajstić information content (AvgIpc) is 2.35. The normalized spacial score (nSPS) is 10.5. The fraction of sp³-hybridized carbons (Fsp3) is 0.357. The minimum Gasteiger partial charge on any atom is -0.339 e. The van der Waals surface area contributed by atoms with Crippen LogP contribution < -0.4 is 10.6 Å². The second kappa shape index (κ2) is 7.85. The molecule has 2 N–H and O–H groups in total. The first-order chi connectivity index (χ1) is 8.26. The van der Waals surface area contributed by atoms with Crippen molar-refractivity contribution in [3.8, 4) is 0 Å². The van der Waals surface area contributed by atoms with Crippen LogP contribution >= 0.6 is 12.2 Å². The molecule has 0 heterocycles. The first kappa shape index (κ1) is 13.7. The summed E-state index contributed by atoms with van der Waals surface area (Å²) in [5, 5.41) is 6.71. The van der Waals surface area contributed by atoms with Crippen LogP contribution in [0.1, 0.15) is 32.3 Å². The molecule has 1 aromatic carbocycles. The van der Waals surface area contributed by atoms with Crippen LogP contribution in [0.25, 0.3) is 0 Å². The molecule has 1 aromatic rings. The van der Waals surface area contributed by atoms with E-state index in [2.05, 4.69) is 41.8 Å². The summed E-state index contributed by atoms with van der Waals surface area (Å²) in [6, 6.07) is 8.43. The number of unbranched alkanes of at least 4 members (excludes halogenated alkanes) is 1. The molecule has 0 aliphatic carbocycles. The Morgan fingerprint density at radius 2 is 2.00 bits per heavy atom.